The summed E-state index contributed by atoms with van der Waals surface area (Å²) in [5.74, 6) is 0.340. The summed E-state index contributed by atoms with van der Waals surface area (Å²) in [6, 6.07) is 20.1. The number of nitrogens with one attached hydrogen (secondary N) is 2. The third-order valence-corrected chi connectivity index (χ3v) is 12.9. The van der Waals surface area contributed by atoms with Gasteiger partial charge in [-0.15, -0.1) is 20.5 Å². The number of benzene rings is 4. The summed E-state index contributed by atoms with van der Waals surface area (Å²) < 4.78 is 48.0. The van der Waals surface area contributed by atoms with Gasteiger partial charge in [0.15, 0.2) is 10.0 Å². The zero-order valence-electron chi connectivity index (χ0n) is 37.2. The molecule has 0 saturated carbocycles. The lowest BCUT2D eigenvalue weighted by Gasteiger charge is -2.24. The number of fused-ring (bicyclic) bond motifs is 2. The lowest BCUT2D eigenvalue weighted by molar-refractivity contribution is 0.280. The Labute approximate surface area is 389 Å². The van der Waals surface area contributed by atoms with Gasteiger partial charge in [0.05, 0.1) is 42.7 Å². The molecular formula is C43H50N14O6S3. The van der Waals surface area contributed by atoms with E-state index in [-0.39, 0.29) is 55.4 Å². The molecule has 3 aromatic heterocycles. The molecule has 0 spiro atoms. The molecule has 5 N–H and O–H groups in total. The lowest BCUT2D eigenvalue weighted by Crippen LogP contribution is -2.31. The van der Waals surface area contributed by atoms with E-state index in [0.717, 1.165) is 65.6 Å². The third-order valence-electron chi connectivity index (χ3n) is 10.5. The number of methoxy groups -OCH3 is 1. The quantitative estimate of drug-likeness (QED) is 0.0332. The van der Waals surface area contributed by atoms with Gasteiger partial charge in [0.25, 0.3) is 10.1 Å². The Morgan fingerprint density at radius 1 is 0.652 bits per heavy atom. The summed E-state index contributed by atoms with van der Waals surface area (Å²) in [5.41, 5.74) is 5.97. The molecule has 0 aliphatic carbocycles. The van der Waals surface area contributed by atoms with E-state index in [2.05, 4.69) is 72.2 Å². The number of aliphatic hydroxyl groups excluding tert-OH is 2. The second-order valence-electron chi connectivity index (χ2n) is 14.6. The van der Waals surface area contributed by atoms with Crippen molar-refractivity contribution >= 4 is 117 Å². The van der Waals surface area contributed by atoms with Crippen LogP contribution in [0.25, 0.3) is 21.8 Å². The van der Waals surface area contributed by atoms with Crippen LogP contribution in [-0.4, -0.2) is 106 Å². The molecule has 23 heteroatoms. The second kappa shape index (κ2) is 21.2. The van der Waals surface area contributed by atoms with Crippen molar-refractivity contribution in [1.29, 1.82) is 0 Å². The highest BCUT2D eigenvalue weighted by Crippen LogP contribution is 2.40. The van der Waals surface area contributed by atoms with Gasteiger partial charge >= 0.3 is 0 Å². The first-order chi connectivity index (χ1) is 31.9. The Morgan fingerprint density at radius 2 is 1.17 bits per heavy atom. The summed E-state index contributed by atoms with van der Waals surface area (Å²) in [4.78, 5) is 19.9. The van der Waals surface area contributed by atoms with Crippen molar-refractivity contribution in [1.82, 2.24) is 23.7 Å². The fourth-order valence-electron chi connectivity index (χ4n) is 7.09. The fraction of sp³-hybridized carbons (Fsp3) is 0.326. The Morgan fingerprint density at radius 3 is 1.65 bits per heavy atom. The number of aliphatic hydroxyl groups is 2. The predicted octanol–water partition coefficient (Wildman–Crippen LogP) is 9.46. The smallest absolute Gasteiger partial charge is 0.298 e. The average molecular weight is 955 g/mol. The maximum absolute atomic E-state index is 12.0. The molecule has 0 saturated heterocycles. The monoisotopic (exact) mass is 954 g/mol. The van der Waals surface area contributed by atoms with Gasteiger partial charge in [-0.3, -0.25) is 4.55 Å². The van der Waals surface area contributed by atoms with Crippen molar-refractivity contribution in [3.8, 4) is 5.75 Å². The van der Waals surface area contributed by atoms with Crippen molar-refractivity contribution in [3.63, 3.8) is 0 Å². The normalized spacial score (nSPS) is 11.9. The minimum absolute atomic E-state index is 0.0717. The van der Waals surface area contributed by atoms with Crippen LogP contribution in [-0.2, 0) is 10.1 Å². The van der Waals surface area contributed by atoms with E-state index >= 15 is 0 Å². The first kappa shape index (κ1) is 47.5. The van der Waals surface area contributed by atoms with E-state index in [9.17, 15) is 23.2 Å². The van der Waals surface area contributed by atoms with Gasteiger partial charge < -0.3 is 40.3 Å². The van der Waals surface area contributed by atoms with Gasteiger partial charge in [0, 0.05) is 61.4 Å². The highest BCUT2D eigenvalue weighted by atomic mass is 32.2. The summed E-state index contributed by atoms with van der Waals surface area (Å²) in [6.45, 7) is 13.0. The molecular weight excluding hydrogens is 905 g/mol. The highest BCUT2D eigenvalue weighted by Gasteiger charge is 2.22. The fourth-order valence-corrected chi connectivity index (χ4v) is 9.10. The van der Waals surface area contributed by atoms with E-state index in [1.807, 2.05) is 55.5 Å². The van der Waals surface area contributed by atoms with Crippen LogP contribution in [0, 0.1) is 6.92 Å². The molecule has 0 aliphatic heterocycles. The molecule has 3 heterocycles. The lowest BCUT2D eigenvalue weighted by atomic mass is 10.2. The molecule has 4 aromatic carbocycles. The number of aromatic nitrogens is 5. The SMILES string of the molecule is CCN(CC)c1ccc(N=Nc2snc3ccc(C)cc23)c(Nc2nc(Nc3cc(N(CC)CC)ccc3N=Nc3snc4cc(S(=O)(=O)O)c(OC)cc34)nc(N(CCO)CCO)n2)c1. The maximum atomic E-state index is 12.0. The Kier molecular flexibility index (Phi) is 15.3. The number of nitrogens with zero attached hydrogens (tertiary/aromatic N) is 12. The average Bonchev–Trinajstić information content (AvgIpc) is 3.91. The Bertz CT molecular complexity index is 2990. The molecule has 7 rings (SSSR count). The molecule has 0 amide bonds. The molecule has 0 atom stereocenters. The molecule has 0 bridgehead atoms. The van der Waals surface area contributed by atoms with Crippen LogP contribution >= 0.6 is 23.1 Å². The van der Waals surface area contributed by atoms with E-state index in [1.165, 1.54) is 30.8 Å². The maximum Gasteiger partial charge on any atom is 0.298 e. The van der Waals surface area contributed by atoms with Crippen molar-refractivity contribution < 1.29 is 27.9 Å². The number of hydrogen-bond acceptors (Lipinski definition) is 21. The molecule has 346 valence electrons. The molecule has 0 unspecified atom stereocenters. The van der Waals surface area contributed by atoms with E-state index in [1.54, 1.807) is 11.0 Å². The summed E-state index contributed by atoms with van der Waals surface area (Å²) in [6.07, 6.45) is 0. The van der Waals surface area contributed by atoms with Gasteiger partial charge in [-0.2, -0.15) is 32.1 Å². The van der Waals surface area contributed by atoms with Gasteiger partial charge in [-0.05, 0) is 118 Å². The molecule has 20 nitrogen and oxygen atoms in total. The van der Waals surface area contributed by atoms with Crippen LogP contribution in [0.3, 0.4) is 0 Å². The summed E-state index contributed by atoms with van der Waals surface area (Å²) in [7, 11) is -3.29. The van der Waals surface area contributed by atoms with Crippen LogP contribution < -0.4 is 30.1 Å². The first-order valence-corrected chi connectivity index (χ1v) is 24.1. The third kappa shape index (κ3) is 10.8. The molecule has 0 aliphatic rings. The van der Waals surface area contributed by atoms with Crippen LogP contribution in [0.2, 0.25) is 0 Å². The zero-order chi connectivity index (χ0) is 47.0. The molecule has 7 aromatic rings. The largest absolute Gasteiger partial charge is 0.495 e. The van der Waals surface area contributed by atoms with E-state index in [4.69, 9.17) is 24.8 Å². The van der Waals surface area contributed by atoms with Gasteiger partial charge in [-0.1, -0.05) is 11.6 Å². The van der Waals surface area contributed by atoms with E-state index in [0.29, 0.717) is 38.1 Å². The Balaban J connectivity index is 1.32. The number of hydrogen-bond donors (Lipinski definition) is 5. The topological polar surface area (TPSA) is 252 Å². The number of rotatable bonds is 21. The van der Waals surface area contributed by atoms with Gasteiger partial charge in [0.2, 0.25) is 17.8 Å². The van der Waals surface area contributed by atoms with E-state index < -0.39 is 15.0 Å². The second-order valence-corrected chi connectivity index (χ2v) is 17.5. The van der Waals surface area contributed by atoms with Crippen molar-refractivity contribution in [2.75, 3.05) is 84.9 Å². The predicted molar refractivity (Wildman–Crippen MR) is 261 cm³/mol. The number of anilines is 7. The zero-order valence-corrected chi connectivity index (χ0v) is 39.6. The molecule has 66 heavy (non-hydrogen) atoms. The standard InChI is InChI=1S/C43H50N14O6S3/c1-7-55(8-2)27-12-15-32(49-51-39-29-21-26(5)11-14-31(29)53-64-39)35(22-27)44-41-46-42(48-43(47-41)57(17-19-58)18-20-59)45-36-23-28(56(9-3)10-4)13-16-33(36)50-52-40-30-24-37(63-6)38(66(60,61)62)25-34(30)54-65-40/h11-16,21-25,58-59H,7-10,17-20H2,1-6H3,(H,60,61,62)(H2,44,45,46,47,48). The van der Waals surface area contributed by atoms with Crippen LogP contribution in [0.4, 0.5) is 62.0 Å². The minimum Gasteiger partial charge on any atom is -0.495 e. The van der Waals surface area contributed by atoms with Gasteiger partial charge in [0.1, 0.15) is 22.0 Å². The summed E-state index contributed by atoms with van der Waals surface area (Å²) in [5, 5.41) is 47.7. The Hall–Kier alpha value is -6.50. The number of aryl methyl sites for hydroxylation is 1. The van der Waals surface area contributed by atoms with Crippen molar-refractivity contribution in [3.05, 3.63) is 72.3 Å². The molecule has 0 radical (unpaired) electrons. The van der Waals surface area contributed by atoms with Gasteiger partial charge in [-0.25, -0.2) is 0 Å². The highest BCUT2D eigenvalue weighted by molar-refractivity contribution is 7.86. The first-order valence-electron chi connectivity index (χ1n) is 21.1. The van der Waals surface area contributed by atoms with Crippen LogP contribution in [0.1, 0.15) is 33.3 Å². The van der Waals surface area contributed by atoms with Crippen LogP contribution in [0.15, 0.2) is 92.1 Å². The number of azo groups is 2. The number of ether oxygens (including phenoxy) is 1. The van der Waals surface area contributed by atoms with Crippen LogP contribution in [0.5, 0.6) is 5.75 Å². The molecule has 0 fully saturated rings. The van der Waals surface area contributed by atoms with Crippen molar-refractivity contribution in [2.24, 2.45) is 20.5 Å². The summed E-state index contributed by atoms with van der Waals surface area (Å²) >= 11 is 2.26. The minimum atomic E-state index is -4.59. The van der Waals surface area contributed by atoms with Crippen molar-refractivity contribution in [2.45, 2.75) is 39.5 Å².